The highest BCUT2D eigenvalue weighted by atomic mass is 79.9. The van der Waals surface area contributed by atoms with E-state index in [0.29, 0.717) is 0 Å². The van der Waals surface area contributed by atoms with Gasteiger partial charge in [0, 0.05) is 15.0 Å². The zero-order valence-electron chi connectivity index (χ0n) is 11.5. The molecule has 1 atom stereocenters. The first kappa shape index (κ1) is 15.5. The summed E-state index contributed by atoms with van der Waals surface area (Å²) < 4.78 is 7.53. The molecular weight excluding hydrogens is 382 g/mol. The summed E-state index contributed by atoms with van der Waals surface area (Å²) in [5.74, 6) is 0.880. The van der Waals surface area contributed by atoms with Crippen LogP contribution in [0.15, 0.2) is 51.4 Å². The molecule has 0 radical (unpaired) electrons. The van der Waals surface area contributed by atoms with E-state index in [0.717, 1.165) is 21.1 Å². The number of hydrogen-bond acceptors (Lipinski definition) is 2. The SMILES string of the molecule is CNC(Cc1cc(OC)ccc1Br)c1ccccc1Br. The maximum atomic E-state index is 5.30. The quantitative estimate of drug-likeness (QED) is 0.786. The highest BCUT2D eigenvalue weighted by molar-refractivity contribution is 9.10. The first-order valence-corrected chi connectivity index (χ1v) is 7.98. The number of likely N-dealkylation sites (N-methyl/N-ethyl adjacent to an activating group) is 1. The molecule has 1 unspecified atom stereocenters. The van der Waals surface area contributed by atoms with E-state index < -0.39 is 0 Å². The van der Waals surface area contributed by atoms with Crippen LogP contribution in [0.1, 0.15) is 17.2 Å². The molecule has 0 aliphatic rings. The zero-order chi connectivity index (χ0) is 14.5. The van der Waals surface area contributed by atoms with Crippen molar-refractivity contribution in [3.05, 3.63) is 62.5 Å². The van der Waals surface area contributed by atoms with Crippen LogP contribution in [0.5, 0.6) is 5.75 Å². The van der Waals surface area contributed by atoms with E-state index >= 15 is 0 Å². The second-order valence-corrected chi connectivity index (χ2v) is 6.23. The van der Waals surface area contributed by atoms with Gasteiger partial charge in [-0.3, -0.25) is 0 Å². The molecule has 0 heterocycles. The molecule has 0 aliphatic heterocycles. The standard InChI is InChI=1S/C16H17Br2NO/c1-19-16(13-5-3-4-6-15(13)18)10-11-9-12(20-2)7-8-14(11)17/h3-9,16,19H,10H2,1-2H3. The van der Waals surface area contributed by atoms with Gasteiger partial charge in [-0.2, -0.15) is 0 Å². The third-order valence-corrected chi connectivity index (χ3v) is 4.80. The molecule has 0 fully saturated rings. The summed E-state index contributed by atoms with van der Waals surface area (Å²) in [6, 6.07) is 14.6. The van der Waals surface area contributed by atoms with E-state index in [-0.39, 0.29) is 6.04 Å². The lowest BCUT2D eigenvalue weighted by Crippen LogP contribution is -2.19. The predicted molar refractivity (Wildman–Crippen MR) is 90.3 cm³/mol. The van der Waals surface area contributed by atoms with Crippen molar-refractivity contribution < 1.29 is 4.74 Å². The van der Waals surface area contributed by atoms with Crippen molar-refractivity contribution in [3.63, 3.8) is 0 Å². The molecule has 0 saturated heterocycles. The Hall–Kier alpha value is -0.840. The number of hydrogen-bond donors (Lipinski definition) is 1. The third kappa shape index (κ3) is 3.62. The largest absolute Gasteiger partial charge is 0.497 e. The minimum Gasteiger partial charge on any atom is -0.497 e. The maximum absolute atomic E-state index is 5.30. The van der Waals surface area contributed by atoms with Crippen LogP contribution >= 0.6 is 31.9 Å². The smallest absolute Gasteiger partial charge is 0.119 e. The highest BCUT2D eigenvalue weighted by Gasteiger charge is 2.15. The van der Waals surface area contributed by atoms with Crippen molar-refractivity contribution in [2.75, 3.05) is 14.2 Å². The van der Waals surface area contributed by atoms with Gasteiger partial charge in [-0.15, -0.1) is 0 Å². The number of rotatable bonds is 5. The van der Waals surface area contributed by atoms with Gasteiger partial charge < -0.3 is 10.1 Å². The number of methoxy groups -OCH3 is 1. The van der Waals surface area contributed by atoms with E-state index in [2.05, 4.69) is 61.4 Å². The molecule has 2 aromatic rings. The number of halogens is 2. The van der Waals surface area contributed by atoms with Gasteiger partial charge in [0.2, 0.25) is 0 Å². The Balaban J connectivity index is 2.29. The van der Waals surface area contributed by atoms with Crippen LogP contribution in [0.3, 0.4) is 0 Å². The molecule has 0 aliphatic carbocycles. The topological polar surface area (TPSA) is 21.3 Å². The normalized spacial score (nSPS) is 12.2. The molecule has 2 rings (SSSR count). The molecule has 4 heteroatoms. The van der Waals surface area contributed by atoms with Gasteiger partial charge in [0.15, 0.2) is 0 Å². The first-order chi connectivity index (χ1) is 9.65. The fraction of sp³-hybridized carbons (Fsp3) is 0.250. The van der Waals surface area contributed by atoms with E-state index in [1.54, 1.807) is 7.11 Å². The summed E-state index contributed by atoms with van der Waals surface area (Å²) in [5, 5.41) is 3.38. The minimum atomic E-state index is 0.244. The van der Waals surface area contributed by atoms with Gasteiger partial charge in [0.05, 0.1) is 7.11 Å². The Morgan fingerprint density at radius 2 is 1.85 bits per heavy atom. The maximum Gasteiger partial charge on any atom is 0.119 e. The second kappa shape index (κ2) is 7.25. The second-order valence-electron chi connectivity index (χ2n) is 4.52. The molecule has 0 amide bonds. The molecule has 20 heavy (non-hydrogen) atoms. The van der Waals surface area contributed by atoms with Gasteiger partial charge in [-0.25, -0.2) is 0 Å². The Labute approximate surface area is 136 Å². The van der Waals surface area contributed by atoms with Crippen molar-refractivity contribution in [2.45, 2.75) is 12.5 Å². The van der Waals surface area contributed by atoms with Crippen LogP contribution in [-0.4, -0.2) is 14.2 Å². The Morgan fingerprint density at radius 1 is 1.10 bits per heavy atom. The summed E-state index contributed by atoms with van der Waals surface area (Å²) in [6.45, 7) is 0. The van der Waals surface area contributed by atoms with Crippen LogP contribution in [0.4, 0.5) is 0 Å². The van der Waals surface area contributed by atoms with Crippen LogP contribution in [0, 0.1) is 0 Å². The lowest BCUT2D eigenvalue weighted by Gasteiger charge is -2.19. The monoisotopic (exact) mass is 397 g/mol. The average molecular weight is 399 g/mol. The number of ether oxygens (including phenoxy) is 1. The first-order valence-electron chi connectivity index (χ1n) is 6.39. The Bertz CT molecular complexity index is 586. The lowest BCUT2D eigenvalue weighted by molar-refractivity contribution is 0.414. The summed E-state index contributed by atoms with van der Waals surface area (Å²) in [6.07, 6.45) is 0.886. The average Bonchev–Trinajstić information content (AvgIpc) is 2.47. The summed E-state index contributed by atoms with van der Waals surface area (Å²) >= 11 is 7.23. The van der Waals surface area contributed by atoms with Crippen LogP contribution in [0.25, 0.3) is 0 Å². The Kier molecular flexibility index (Phi) is 5.64. The fourth-order valence-corrected chi connectivity index (χ4v) is 3.15. The molecular formula is C16H17Br2NO. The van der Waals surface area contributed by atoms with Crippen molar-refractivity contribution in [3.8, 4) is 5.75 Å². The summed E-state index contributed by atoms with van der Waals surface area (Å²) in [4.78, 5) is 0. The van der Waals surface area contributed by atoms with Crippen LogP contribution < -0.4 is 10.1 Å². The van der Waals surface area contributed by atoms with Crippen molar-refractivity contribution >= 4 is 31.9 Å². The van der Waals surface area contributed by atoms with E-state index in [9.17, 15) is 0 Å². The Morgan fingerprint density at radius 3 is 2.50 bits per heavy atom. The van der Waals surface area contributed by atoms with E-state index in [1.165, 1.54) is 11.1 Å². The molecule has 0 saturated carbocycles. The fourth-order valence-electron chi connectivity index (χ4n) is 2.18. The van der Waals surface area contributed by atoms with Gasteiger partial charge >= 0.3 is 0 Å². The van der Waals surface area contributed by atoms with Gasteiger partial charge in [0.1, 0.15) is 5.75 Å². The molecule has 106 valence electrons. The van der Waals surface area contributed by atoms with E-state index in [4.69, 9.17) is 4.74 Å². The lowest BCUT2D eigenvalue weighted by atomic mass is 9.99. The highest BCUT2D eigenvalue weighted by Crippen LogP contribution is 2.30. The van der Waals surface area contributed by atoms with Gasteiger partial charge in [0.25, 0.3) is 0 Å². The summed E-state index contributed by atoms with van der Waals surface area (Å²) in [5.41, 5.74) is 2.48. The van der Waals surface area contributed by atoms with Crippen molar-refractivity contribution in [2.24, 2.45) is 0 Å². The van der Waals surface area contributed by atoms with Gasteiger partial charge in [-0.1, -0.05) is 50.1 Å². The predicted octanol–water partition coefficient (Wildman–Crippen LogP) is 4.72. The minimum absolute atomic E-state index is 0.244. The molecule has 1 N–H and O–H groups in total. The number of nitrogens with one attached hydrogen (secondary N) is 1. The van der Waals surface area contributed by atoms with Crippen LogP contribution in [-0.2, 0) is 6.42 Å². The third-order valence-electron chi connectivity index (χ3n) is 3.31. The molecule has 0 spiro atoms. The molecule has 0 bridgehead atoms. The summed E-state index contributed by atoms with van der Waals surface area (Å²) in [7, 11) is 3.68. The molecule has 2 aromatic carbocycles. The molecule has 0 aromatic heterocycles. The van der Waals surface area contributed by atoms with Crippen LogP contribution in [0.2, 0.25) is 0 Å². The zero-order valence-corrected chi connectivity index (χ0v) is 14.7. The van der Waals surface area contributed by atoms with Crippen molar-refractivity contribution in [1.29, 1.82) is 0 Å². The molecule has 2 nitrogen and oxygen atoms in total. The van der Waals surface area contributed by atoms with E-state index in [1.807, 2.05) is 25.2 Å². The van der Waals surface area contributed by atoms with Crippen molar-refractivity contribution in [1.82, 2.24) is 5.32 Å². The van der Waals surface area contributed by atoms with Gasteiger partial charge in [-0.05, 0) is 48.9 Å². The number of benzene rings is 2.